The van der Waals surface area contributed by atoms with Gasteiger partial charge in [0.05, 0.1) is 16.4 Å². The predicted molar refractivity (Wildman–Crippen MR) is 144 cm³/mol. The van der Waals surface area contributed by atoms with Gasteiger partial charge in [-0.25, -0.2) is 18.7 Å². The lowest BCUT2D eigenvalue weighted by atomic mass is 10.0. The number of nitrogens with zero attached hydrogens (tertiary/aromatic N) is 4. The second kappa shape index (κ2) is 10.5. The van der Waals surface area contributed by atoms with Gasteiger partial charge in [0, 0.05) is 23.4 Å². The van der Waals surface area contributed by atoms with Crippen molar-refractivity contribution < 1.29 is 18.6 Å². The molecule has 0 unspecified atom stereocenters. The van der Waals surface area contributed by atoms with Crippen LogP contribution in [-0.2, 0) is 12.2 Å². The molecule has 0 radical (unpaired) electrons. The third-order valence-corrected chi connectivity index (χ3v) is 6.84. The van der Waals surface area contributed by atoms with Crippen molar-refractivity contribution in [3.05, 3.63) is 96.4 Å². The molecule has 0 aliphatic carbocycles. The minimum absolute atomic E-state index is 0.00587. The number of rotatable bonds is 6. The fraction of sp³-hybridized carbons (Fsp3) is 0.259. The molecule has 0 saturated heterocycles. The Morgan fingerprint density at radius 2 is 1.79 bits per heavy atom. The van der Waals surface area contributed by atoms with Crippen LogP contribution in [0, 0.1) is 32.4 Å². The monoisotopic (exact) mass is 604 g/mol. The molecular weight excluding hydrogens is 582 g/mol. The van der Waals surface area contributed by atoms with E-state index in [9.17, 15) is 18.7 Å². The molecule has 1 N–H and O–H groups in total. The number of ether oxygens (including phenoxy) is 1. The van der Waals surface area contributed by atoms with Gasteiger partial charge in [0.15, 0.2) is 5.82 Å². The van der Waals surface area contributed by atoms with E-state index in [0.29, 0.717) is 22.0 Å². The van der Waals surface area contributed by atoms with Crippen LogP contribution in [0.3, 0.4) is 0 Å². The second-order valence-electron chi connectivity index (χ2n) is 9.35. The van der Waals surface area contributed by atoms with Crippen LogP contribution in [-0.4, -0.2) is 24.6 Å². The maximum absolute atomic E-state index is 14.2. The van der Waals surface area contributed by atoms with Crippen molar-refractivity contribution in [1.82, 2.24) is 19.5 Å². The molecule has 0 spiro atoms. The summed E-state index contributed by atoms with van der Waals surface area (Å²) in [4.78, 5) is 26.5. The topological polar surface area (TPSA) is 90.1 Å². The van der Waals surface area contributed by atoms with E-state index < -0.39 is 22.8 Å². The molecule has 0 amide bonds. The summed E-state index contributed by atoms with van der Waals surface area (Å²) < 4.78 is 34.7. The minimum atomic E-state index is -1.24. The molecule has 2 aromatic carbocycles. The SMILES string of the molecule is Cc1cc(COc2nc(C)n(-c3cc(-c4nc(C(C)(C)O)ncc4C)ccc3Cl)c(=O)c2Br)c(F)cc1F. The molecule has 198 valence electrons. The Labute approximate surface area is 231 Å². The van der Waals surface area contributed by atoms with Gasteiger partial charge in [0.1, 0.15) is 34.1 Å². The van der Waals surface area contributed by atoms with E-state index in [4.69, 9.17) is 16.3 Å². The Bertz CT molecular complexity index is 1620. The summed E-state index contributed by atoms with van der Waals surface area (Å²) in [7, 11) is 0. The predicted octanol–water partition coefficient (Wildman–Crippen LogP) is 6.12. The minimum Gasteiger partial charge on any atom is -0.472 e. The van der Waals surface area contributed by atoms with Gasteiger partial charge in [0.2, 0.25) is 5.88 Å². The van der Waals surface area contributed by atoms with E-state index in [0.717, 1.165) is 11.6 Å². The molecule has 0 aliphatic heterocycles. The number of benzene rings is 2. The normalized spacial score (nSPS) is 11.6. The van der Waals surface area contributed by atoms with Gasteiger partial charge in [-0.3, -0.25) is 9.36 Å². The summed E-state index contributed by atoms with van der Waals surface area (Å²) in [6, 6.07) is 7.23. The van der Waals surface area contributed by atoms with Crippen LogP contribution in [0.2, 0.25) is 5.02 Å². The molecule has 0 atom stereocenters. The van der Waals surface area contributed by atoms with Crippen LogP contribution in [0.5, 0.6) is 5.88 Å². The molecule has 0 bridgehead atoms. The van der Waals surface area contributed by atoms with Crippen LogP contribution in [0.25, 0.3) is 16.9 Å². The molecular formula is C27H24BrClF2N4O3. The average Bonchev–Trinajstić information content (AvgIpc) is 2.84. The first-order valence-electron chi connectivity index (χ1n) is 11.5. The quantitative estimate of drug-likeness (QED) is 0.285. The zero-order chi connectivity index (χ0) is 27.9. The molecule has 2 heterocycles. The fourth-order valence-corrected chi connectivity index (χ4v) is 4.38. The number of hydrogen-bond donors (Lipinski definition) is 1. The summed E-state index contributed by atoms with van der Waals surface area (Å²) in [5, 5.41) is 10.7. The highest BCUT2D eigenvalue weighted by molar-refractivity contribution is 9.10. The van der Waals surface area contributed by atoms with Crippen molar-refractivity contribution in [2.24, 2.45) is 0 Å². The summed E-state index contributed by atoms with van der Waals surface area (Å²) >= 11 is 9.75. The van der Waals surface area contributed by atoms with Gasteiger partial charge in [-0.1, -0.05) is 17.7 Å². The van der Waals surface area contributed by atoms with Crippen LogP contribution in [0.1, 0.15) is 42.2 Å². The van der Waals surface area contributed by atoms with Gasteiger partial charge in [-0.05, 0) is 79.9 Å². The maximum atomic E-state index is 14.2. The Kier molecular flexibility index (Phi) is 7.69. The van der Waals surface area contributed by atoms with Crippen LogP contribution >= 0.6 is 27.5 Å². The van der Waals surface area contributed by atoms with Crippen molar-refractivity contribution in [3.8, 4) is 22.8 Å². The Morgan fingerprint density at radius 3 is 2.47 bits per heavy atom. The van der Waals surface area contributed by atoms with Gasteiger partial charge >= 0.3 is 0 Å². The molecule has 0 fully saturated rings. The zero-order valence-electron chi connectivity index (χ0n) is 21.2. The third kappa shape index (κ3) is 5.48. The van der Waals surface area contributed by atoms with Crippen molar-refractivity contribution in [2.75, 3.05) is 0 Å². The summed E-state index contributed by atoms with van der Waals surface area (Å²) in [5.41, 5.74) is 0.998. The molecule has 38 heavy (non-hydrogen) atoms. The zero-order valence-corrected chi connectivity index (χ0v) is 23.6. The molecule has 0 aliphatic rings. The van der Waals surface area contributed by atoms with E-state index in [1.807, 2.05) is 6.92 Å². The van der Waals surface area contributed by atoms with Crippen molar-refractivity contribution in [3.63, 3.8) is 0 Å². The van der Waals surface area contributed by atoms with Gasteiger partial charge in [0.25, 0.3) is 5.56 Å². The first-order chi connectivity index (χ1) is 17.8. The Balaban J connectivity index is 1.75. The van der Waals surface area contributed by atoms with Crippen molar-refractivity contribution in [1.29, 1.82) is 0 Å². The molecule has 2 aromatic heterocycles. The number of aromatic nitrogens is 4. The smallest absolute Gasteiger partial charge is 0.276 e. The van der Waals surface area contributed by atoms with E-state index in [2.05, 4.69) is 30.9 Å². The highest BCUT2D eigenvalue weighted by Crippen LogP contribution is 2.31. The molecule has 4 aromatic rings. The number of halogens is 4. The average molecular weight is 606 g/mol. The van der Waals surface area contributed by atoms with Gasteiger partial charge in [-0.15, -0.1) is 0 Å². The molecule has 4 rings (SSSR count). The van der Waals surface area contributed by atoms with E-state index in [1.165, 1.54) is 17.6 Å². The highest BCUT2D eigenvalue weighted by Gasteiger charge is 2.22. The highest BCUT2D eigenvalue weighted by atomic mass is 79.9. The first kappa shape index (κ1) is 27.8. The van der Waals surface area contributed by atoms with E-state index in [-0.39, 0.29) is 39.7 Å². The Hall–Kier alpha value is -3.21. The maximum Gasteiger partial charge on any atom is 0.276 e. The summed E-state index contributed by atoms with van der Waals surface area (Å²) in [6.07, 6.45) is 1.62. The third-order valence-electron chi connectivity index (χ3n) is 5.84. The lowest BCUT2D eigenvalue weighted by molar-refractivity contribution is 0.0688. The first-order valence-corrected chi connectivity index (χ1v) is 12.7. The summed E-state index contributed by atoms with van der Waals surface area (Å²) in [6.45, 7) is 7.89. The standard InChI is InChI=1S/C27H24BrClF2N4O3/c1-13-8-17(20(31)10-19(13)30)12-38-24-22(28)25(36)35(15(3)33-24)21-9-16(6-7-18(21)29)23-14(2)11-32-26(34-23)27(4,5)37/h6-11,37H,12H2,1-5H3. The van der Waals surface area contributed by atoms with Crippen molar-refractivity contribution >= 4 is 27.5 Å². The summed E-state index contributed by atoms with van der Waals surface area (Å²) in [5.74, 6) is -0.942. The molecule has 0 saturated carbocycles. The van der Waals surface area contributed by atoms with Crippen LogP contribution in [0.15, 0.2) is 45.8 Å². The van der Waals surface area contributed by atoms with Crippen LogP contribution in [0.4, 0.5) is 8.78 Å². The van der Waals surface area contributed by atoms with Gasteiger partial charge < -0.3 is 9.84 Å². The van der Waals surface area contributed by atoms with Gasteiger partial charge in [-0.2, -0.15) is 4.98 Å². The Morgan fingerprint density at radius 1 is 1.08 bits per heavy atom. The lowest BCUT2D eigenvalue weighted by Gasteiger charge is -2.18. The van der Waals surface area contributed by atoms with E-state index >= 15 is 0 Å². The number of aliphatic hydroxyl groups is 1. The fourth-order valence-electron chi connectivity index (χ4n) is 3.80. The number of aryl methyl sites for hydroxylation is 3. The van der Waals surface area contributed by atoms with Crippen molar-refractivity contribution in [2.45, 2.75) is 46.8 Å². The lowest BCUT2D eigenvalue weighted by Crippen LogP contribution is -2.24. The molecule has 7 nitrogen and oxygen atoms in total. The second-order valence-corrected chi connectivity index (χ2v) is 10.6. The van der Waals surface area contributed by atoms with E-state index in [1.54, 1.807) is 45.2 Å². The van der Waals surface area contributed by atoms with Crippen LogP contribution < -0.4 is 10.3 Å². The molecule has 11 heteroatoms. The number of hydrogen-bond acceptors (Lipinski definition) is 6. The largest absolute Gasteiger partial charge is 0.472 e.